The van der Waals surface area contributed by atoms with Crippen molar-refractivity contribution in [3.63, 3.8) is 0 Å². The van der Waals surface area contributed by atoms with E-state index in [-0.39, 0.29) is 0 Å². The Labute approximate surface area is 149 Å². The minimum absolute atomic E-state index is 0.355. The van der Waals surface area contributed by atoms with Crippen LogP contribution in [0.5, 0.6) is 0 Å². The maximum atomic E-state index is 15.2. The minimum atomic E-state index is -2.10. The van der Waals surface area contributed by atoms with Gasteiger partial charge in [0.15, 0.2) is 28.9 Å². The number of halogens is 1. The first-order chi connectivity index (χ1) is 12.3. The number of anilines is 2. The molecule has 1 saturated heterocycles. The van der Waals surface area contributed by atoms with Crippen LogP contribution in [0.15, 0.2) is 6.33 Å². The lowest BCUT2D eigenvalue weighted by Crippen LogP contribution is -2.40. The fraction of sp³-hybridized carbons (Fsp3) is 0.688. The quantitative estimate of drug-likeness (QED) is 0.700. The predicted molar refractivity (Wildman–Crippen MR) is 92.8 cm³/mol. The van der Waals surface area contributed by atoms with Crippen LogP contribution in [0, 0.1) is 0 Å². The van der Waals surface area contributed by atoms with Crippen molar-refractivity contribution in [2.24, 2.45) is 0 Å². The number of aliphatic hydroxyl groups excluding tert-OH is 2. The normalized spacial score (nSPS) is 31.5. The van der Waals surface area contributed by atoms with Crippen LogP contribution in [-0.4, -0.2) is 74.4 Å². The summed E-state index contributed by atoms with van der Waals surface area (Å²) in [5.41, 5.74) is -1.18. The first-order valence-corrected chi connectivity index (χ1v) is 8.64. The van der Waals surface area contributed by atoms with Gasteiger partial charge >= 0.3 is 0 Å². The van der Waals surface area contributed by atoms with Crippen molar-refractivity contribution in [2.45, 2.75) is 49.9 Å². The first kappa shape index (κ1) is 17.4. The van der Waals surface area contributed by atoms with E-state index in [0.717, 1.165) is 12.8 Å². The fourth-order valence-electron chi connectivity index (χ4n) is 3.22. The van der Waals surface area contributed by atoms with Crippen LogP contribution < -0.4 is 10.2 Å². The number of hydrogen-bond donors (Lipinski definition) is 3. The summed E-state index contributed by atoms with van der Waals surface area (Å²) in [6.45, 7) is 0.775. The Morgan fingerprint density at radius 1 is 1.42 bits per heavy atom. The number of nitrogens with zero attached hydrogens (tertiary/aromatic N) is 5. The smallest absolute Gasteiger partial charge is 0.227 e. The number of imidazole rings is 1. The highest BCUT2D eigenvalue weighted by Gasteiger charge is 2.55. The number of ether oxygens (including phenoxy) is 1. The Bertz CT molecular complexity index is 822. The van der Waals surface area contributed by atoms with Gasteiger partial charge in [-0.05, 0) is 19.8 Å². The molecule has 0 spiro atoms. The molecule has 0 bridgehead atoms. The van der Waals surface area contributed by atoms with E-state index in [2.05, 4.69) is 20.3 Å². The van der Waals surface area contributed by atoms with E-state index in [9.17, 15) is 10.2 Å². The Morgan fingerprint density at radius 3 is 2.73 bits per heavy atom. The molecule has 0 amide bonds. The Balaban J connectivity index is 1.81. The van der Waals surface area contributed by atoms with Gasteiger partial charge in [0.05, 0.1) is 12.9 Å². The zero-order valence-electron chi connectivity index (χ0n) is 14.9. The van der Waals surface area contributed by atoms with E-state index in [1.807, 2.05) is 19.0 Å². The number of rotatable bonds is 5. The summed E-state index contributed by atoms with van der Waals surface area (Å²) in [4.78, 5) is 15.2. The standard InChI is InChI=1S/C16H23FN6O3/c1-16(17)11(25)9(6-24)26-14(16)23-7-18-10-12(22(2)3)20-15(21-13(10)23)19-8-4-5-8/h7-9,11,14,24-25H,4-6H2,1-3H3,(H,19,20,21)/t9-,11-,14-,16-/m1/s1. The second-order valence-corrected chi connectivity index (χ2v) is 7.31. The van der Waals surface area contributed by atoms with Gasteiger partial charge in [-0.1, -0.05) is 0 Å². The second kappa shape index (κ2) is 6.00. The molecular weight excluding hydrogens is 343 g/mol. The van der Waals surface area contributed by atoms with Gasteiger partial charge in [-0.25, -0.2) is 9.37 Å². The zero-order valence-corrected chi connectivity index (χ0v) is 14.9. The number of nitrogens with one attached hydrogen (secondary N) is 1. The van der Waals surface area contributed by atoms with Gasteiger partial charge in [0, 0.05) is 20.1 Å². The van der Waals surface area contributed by atoms with Crippen molar-refractivity contribution in [1.29, 1.82) is 0 Å². The van der Waals surface area contributed by atoms with Crippen LogP contribution in [0.25, 0.3) is 11.2 Å². The van der Waals surface area contributed by atoms with Crippen LogP contribution in [-0.2, 0) is 4.74 Å². The van der Waals surface area contributed by atoms with Gasteiger partial charge in [0.1, 0.15) is 12.2 Å². The molecule has 3 heterocycles. The van der Waals surface area contributed by atoms with Crippen LogP contribution in [0.2, 0.25) is 0 Å². The minimum Gasteiger partial charge on any atom is -0.394 e. The molecule has 3 N–H and O–H groups in total. The number of alkyl halides is 1. The number of hydrogen-bond acceptors (Lipinski definition) is 8. The summed E-state index contributed by atoms with van der Waals surface area (Å²) in [7, 11) is 3.69. The molecule has 26 heavy (non-hydrogen) atoms. The van der Waals surface area contributed by atoms with Gasteiger partial charge in [-0.3, -0.25) is 4.57 Å². The van der Waals surface area contributed by atoms with Crippen LogP contribution >= 0.6 is 0 Å². The van der Waals surface area contributed by atoms with Gasteiger partial charge in [0.25, 0.3) is 0 Å². The van der Waals surface area contributed by atoms with E-state index in [4.69, 9.17) is 4.74 Å². The molecule has 142 valence electrons. The molecular formula is C16H23FN6O3. The summed E-state index contributed by atoms with van der Waals surface area (Å²) in [6.07, 6.45) is -0.0469. The molecule has 10 heteroatoms. The van der Waals surface area contributed by atoms with E-state index in [1.165, 1.54) is 17.8 Å². The Morgan fingerprint density at radius 2 is 2.15 bits per heavy atom. The molecule has 0 radical (unpaired) electrons. The number of aromatic nitrogens is 4. The molecule has 2 aliphatic rings. The van der Waals surface area contributed by atoms with E-state index < -0.39 is 30.7 Å². The van der Waals surface area contributed by atoms with Crippen LogP contribution in [0.1, 0.15) is 26.0 Å². The number of aliphatic hydroxyl groups is 2. The van der Waals surface area contributed by atoms with Gasteiger partial charge in [-0.2, -0.15) is 9.97 Å². The second-order valence-electron chi connectivity index (χ2n) is 7.31. The lowest BCUT2D eigenvalue weighted by atomic mass is 9.98. The summed E-state index contributed by atoms with van der Waals surface area (Å²) < 4.78 is 22.2. The zero-order chi connectivity index (χ0) is 18.6. The molecule has 2 aromatic heterocycles. The molecule has 1 aliphatic carbocycles. The summed E-state index contributed by atoms with van der Waals surface area (Å²) in [5, 5.41) is 22.7. The molecule has 1 saturated carbocycles. The van der Waals surface area contributed by atoms with E-state index >= 15 is 4.39 Å². The molecule has 0 aromatic carbocycles. The van der Waals surface area contributed by atoms with E-state index in [0.29, 0.717) is 29.0 Å². The Kier molecular flexibility index (Phi) is 4.01. The fourth-order valence-corrected chi connectivity index (χ4v) is 3.22. The van der Waals surface area contributed by atoms with Gasteiger partial charge in [0.2, 0.25) is 5.95 Å². The van der Waals surface area contributed by atoms with Gasteiger partial charge < -0.3 is 25.2 Å². The van der Waals surface area contributed by atoms with Gasteiger partial charge in [-0.15, -0.1) is 0 Å². The maximum absolute atomic E-state index is 15.2. The molecule has 1 aliphatic heterocycles. The Hall–Kier alpha value is -2.04. The van der Waals surface area contributed by atoms with Crippen molar-refractivity contribution < 1.29 is 19.3 Å². The van der Waals surface area contributed by atoms with Crippen molar-refractivity contribution in [1.82, 2.24) is 19.5 Å². The third kappa shape index (κ3) is 2.68. The predicted octanol–water partition coefficient (Wildman–Crippen LogP) is 0.445. The SMILES string of the molecule is CN(C)c1nc(NC2CC2)nc2c1ncn2[C@@H]1O[C@H](CO)[C@@H](O)[C@@]1(C)F. The summed E-state index contributed by atoms with van der Waals surface area (Å²) >= 11 is 0. The highest BCUT2D eigenvalue weighted by molar-refractivity contribution is 5.84. The van der Waals surface area contributed by atoms with Crippen molar-refractivity contribution in [3.8, 4) is 0 Å². The molecule has 2 fully saturated rings. The lowest BCUT2D eigenvalue weighted by Gasteiger charge is -2.24. The van der Waals surface area contributed by atoms with Crippen molar-refractivity contribution >= 4 is 22.9 Å². The number of fused-ring (bicyclic) bond motifs is 1. The average molecular weight is 366 g/mol. The molecule has 4 rings (SSSR count). The molecule has 2 aromatic rings. The average Bonchev–Trinajstić information content (AvgIpc) is 3.26. The largest absolute Gasteiger partial charge is 0.394 e. The highest BCUT2D eigenvalue weighted by atomic mass is 19.1. The topological polar surface area (TPSA) is 109 Å². The summed E-state index contributed by atoms with van der Waals surface area (Å²) in [6, 6.07) is 0.355. The molecule has 0 unspecified atom stereocenters. The lowest BCUT2D eigenvalue weighted by molar-refractivity contribution is -0.0566. The first-order valence-electron chi connectivity index (χ1n) is 8.64. The van der Waals surface area contributed by atoms with Crippen LogP contribution in [0.4, 0.5) is 16.2 Å². The van der Waals surface area contributed by atoms with Crippen molar-refractivity contribution in [3.05, 3.63) is 6.33 Å². The van der Waals surface area contributed by atoms with Crippen LogP contribution in [0.3, 0.4) is 0 Å². The molecule has 4 atom stereocenters. The third-order valence-electron chi connectivity index (χ3n) is 4.89. The monoisotopic (exact) mass is 366 g/mol. The maximum Gasteiger partial charge on any atom is 0.227 e. The summed E-state index contributed by atoms with van der Waals surface area (Å²) in [5.74, 6) is 1.05. The van der Waals surface area contributed by atoms with E-state index in [1.54, 1.807) is 0 Å². The third-order valence-corrected chi connectivity index (χ3v) is 4.89. The van der Waals surface area contributed by atoms with Crippen molar-refractivity contribution in [2.75, 3.05) is 30.9 Å². The molecule has 9 nitrogen and oxygen atoms in total. The highest BCUT2D eigenvalue weighted by Crippen LogP contribution is 2.42.